The third-order valence-electron chi connectivity index (χ3n) is 2.54. The number of hydrogen-bond acceptors (Lipinski definition) is 4. The van der Waals surface area contributed by atoms with E-state index in [4.69, 9.17) is 0 Å². The summed E-state index contributed by atoms with van der Waals surface area (Å²) in [5.41, 5.74) is -1.64. The first-order valence-electron chi connectivity index (χ1n) is 5.87. The van der Waals surface area contributed by atoms with Crippen LogP contribution in [0.5, 0.6) is 0 Å². The molecule has 0 radical (unpaired) electrons. The first kappa shape index (κ1) is 14.6. The van der Waals surface area contributed by atoms with Gasteiger partial charge < -0.3 is 5.32 Å². The van der Waals surface area contributed by atoms with Crippen LogP contribution in [0.2, 0.25) is 0 Å². The SMILES string of the molecule is CCNc1ncc(Cn2c(C(F)(F)F)cccc2=O)s1. The second-order valence-electron chi connectivity index (χ2n) is 4.00. The predicted octanol–water partition coefficient (Wildman–Crippen LogP) is 2.80. The fraction of sp³-hybridized carbons (Fsp3) is 0.333. The third kappa shape index (κ3) is 3.19. The van der Waals surface area contributed by atoms with Crippen molar-refractivity contribution in [1.29, 1.82) is 0 Å². The Bertz CT molecular complexity index is 648. The van der Waals surface area contributed by atoms with Crippen molar-refractivity contribution < 1.29 is 13.2 Å². The van der Waals surface area contributed by atoms with E-state index in [9.17, 15) is 18.0 Å². The molecule has 0 atom stereocenters. The van der Waals surface area contributed by atoms with Gasteiger partial charge in [-0.05, 0) is 13.0 Å². The van der Waals surface area contributed by atoms with E-state index in [0.29, 0.717) is 21.1 Å². The summed E-state index contributed by atoms with van der Waals surface area (Å²) in [5, 5.41) is 3.60. The van der Waals surface area contributed by atoms with E-state index in [0.717, 1.165) is 18.2 Å². The molecule has 0 saturated heterocycles. The van der Waals surface area contributed by atoms with Gasteiger partial charge in [0.2, 0.25) is 0 Å². The molecule has 0 aromatic carbocycles. The lowest BCUT2D eigenvalue weighted by atomic mass is 10.3. The van der Waals surface area contributed by atoms with E-state index < -0.39 is 17.4 Å². The fourth-order valence-electron chi connectivity index (χ4n) is 1.70. The lowest BCUT2D eigenvalue weighted by Gasteiger charge is -2.13. The second-order valence-corrected chi connectivity index (χ2v) is 5.11. The van der Waals surface area contributed by atoms with Gasteiger partial charge in [0.15, 0.2) is 5.13 Å². The van der Waals surface area contributed by atoms with Gasteiger partial charge in [0, 0.05) is 23.7 Å². The van der Waals surface area contributed by atoms with Gasteiger partial charge in [-0.3, -0.25) is 9.36 Å². The van der Waals surface area contributed by atoms with Crippen molar-refractivity contribution in [3.05, 3.63) is 45.3 Å². The van der Waals surface area contributed by atoms with Gasteiger partial charge in [0.1, 0.15) is 5.69 Å². The van der Waals surface area contributed by atoms with Crippen LogP contribution in [-0.2, 0) is 12.7 Å². The first-order chi connectivity index (χ1) is 9.41. The number of nitrogens with zero attached hydrogens (tertiary/aromatic N) is 2. The quantitative estimate of drug-likeness (QED) is 0.945. The van der Waals surface area contributed by atoms with Crippen molar-refractivity contribution in [1.82, 2.24) is 9.55 Å². The Morgan fingerprint density at radius 2 is 2.15 bits per heavy atom. The van der Waals surface area contributed by atoms with Gasteiger partial charge in [0.05, 0.1) is 6.54 Å². The Morgan fingerprint density at radius 1 is 1.40 bits per heavy atom. The molecule has 0 amide bonds. The van der Waals surface area contributed by atoms with Crippen LogP contribution in [-0.4, -0.2) is 16.1 Å². The number of thiazole rings is 1. The summed E-state index contributed by atoms with van der Waals surface area (Å²) in [4.78, 5) is 16.3. The summed E-state index contributed by atoms with van der Waals surface area (Å²) in [6.45, 7) is 2.42. The molecule has 20 heavy (non-hydrogen) atoms. The van der Waals surface area contributed by atoms with Crippen molar-refractivity contribution in [2.24, 2.45) is 0 Å². The van der Waals surface area contributed by atoms with Crippen LogP contribution in [0, 0.1) is 0 Å². The Kier molecular flexibility index (Phi) is 4.12. The van der Waals surface area contributed by atoms with E-state index in [-0.39, 0.29) is 6.54 Å². The smallest absolute Gasteiger partial charge is 0.362 e. The summed E-state index contributed by atoms with van der Waals surface area (Å²) in [6, 6.07) is 3.12. The topological polar surface area (TPSA) is 46.9 Å². The van der Waals surface area contributed by atoms with E-state index in [2.05, 4.69) is 10.3 Å². The normalized spacial score (nSPS) is 11.6. The van der Waals surface area contributed by atoms with Crippen molar-refractivity contribution in [3.8, 4) is 0 Å². The number of halogens is 3. The number of anilines is 1. The molecule has 0 fully saturated rings. The highest BCUT2D eigenvalue weighted by Gasteiger charge is 2.34. The van der Waals surface area contributed by atoms with Crippen LogP contribution < -0.4 is 10.9 Å². The maximum atomic E-state index is 12.9. The third-order valence-corrected chi connectivity index (χ3v) is 3.48. The van der Waals surface area contributed by atoms with E-state index in [1.54, 1.807) is 0 Å². The maximum Gasteiger partial charge on any atom is 0.431 e. The van der Waals surface area contributed by atoms with Crippen molar-refractivity contribution in [2.45, 2.75) is 19.6 Å². The minimum Gasteiger partial charge on any atom is -0.362 e. The van der Waals surface area contributed by atoms with Gasteiger partial charge in [0.25, 0.3) is 5.56 Å². The molecule has 0 bridgehead atoms. The number of aromatic nitrogens is 2. The number of rotatable bonds is 4. The van der Waals surface area contributed by atoms with Gasteiger partial charge in [-0.2, -0.15) is 13.2 Å². The molecule has 2 heterocycles. The van der Waals surface area contributed by atoms with E-state index in [1.165, 1.54) is 17.5 Å². The molecule has 0 unspecified atom stereocenters. The number of hydrogen-bond donors (Lipinski definition) is 1. The molecule has 2 aromatic heterocycles. The predicted molar refractivity (Wildman–Crippen MR) is 71.1 cm³/mol. The van der Waals surface area contributed by atoms with Crippen LogP contribution in [0.3, 0.4) is 0 Å². The molecule has 2 aromatic rings. The highest BCUT2D eigenvalue weighted by Crippen LogP contribution is 2.29. The lowest BCUT2D eigenvalue weighted by Crippen LogP contribution is -2.27. The number of alkyl halides is 3. The van der Waals surface area contributed by atoms with Crippen LogP contribution >= 0.6 is 11.3 Å². The minimum atomic E-state index is -4.56. The van der Waals surface area contributed by atoms with Crippen LogP contribution in [0.25, 0.3) is 0 Å². The summed E-state index contributed by atoms with van der Waals surface area (Å²) >= 11 is 1.23. The molecule has 8 heteroatoms. The highest BCUT2D eigenvalue weighted by atomic mass is 32.1. The Balaban J connectivity index is 2.35. The van der Waals surface area contributed by atoms with Gasteiger partial charge in [-0.25, -0.2) is 4.98 Å². The summed E-state index contributed by atoms with van der Waals surface area (Å²) in [7, 11) is 0. The molecule has 4 nitrogen and oxygen atoms in total. The minimum absolute atomic E-state index is 0.141. The summed E-state index contributed by atoms with van der Waals surface area (Å²) in [5.74, 6) is 0. The second kappa shape index (κ2) is 5.66. The summed E-state index contributed by atoms with van der Waals surface area (Å²) < 4.78 is 39.3. The lowest BCUT2D eigenvalue weighted by molar-refractivity contribution is -0.144. The summed E-state index contributed by atoms with van der Waals surface area (Å²) in [6.07, 6.45) is -3.09. The van der Waals surface area contributed by atoms with Crippen LogP contribution in [0.1, 0.15) is 17.5 Å². The Morgan fingerprint density at radius 3 is 2.80 bits per heavy atom. The number of nitrogens with one attached hydrogen (secondary N) is 1. The van der Waals surface area contributed by atoms with Crippen LogP contribution in [0.15, 0.2) is 29.2 Å². The van der Waals surface area contributed by atoms with Crippen LogP contribution in [0.4, 0.5) is 18.3 Å². The Hall–Kier alpha value is -1.83. The molecule has 2 rings (SSSR count). The zero-order valence-corrected chi connectivity index (χ0v) is 11.4. The molecular weight excluding hydrogens is 291 g/mol. The maximum absolute atomic E-state index is 12.9. The highest BCUT2D eigenvalue weighted by molar-refractivity contribution is 7.15. The first-order valence-corrected chi connectivity index (χ1v) is 6.69. The Labute approximate surface area is 116 Å². The fourth-order valence-corrected chi connectivity index (χ4v) is 2.57. The average Bonchev–Trinajstić information content (AvgIpc) is 2.78. The number of pyridine rings is 1. The largest absolute Gasteiger partial charge is 0.431 e. The molecule has 0 aliphatic heterocycles. The monoisotopic (exact) mass is 303 g/mol. The van der Waals surface area contributed by atoms with Crippen molar-refractivity contribution in [2.75, 3.05) is 11.9 Å². The zero-order valence-electron chi connectivity index (χ0n) is 10.6. The zero-order chi connectivity index (χ0) is 14.8. The van der Waals surface area contributed by atoms with Gasteiger partial charge in [-0.15, -0.1) is 11.3 Å². The average molecular weight is 303 g/mol. The molecule has 0 aliphatic carbocycles. The molecule has 0 aliphatic rings. The molecule has 0 spiro atoms. The molecular formula is C12H12F3N3OS. The van der Waals surface area contributed by atoms with Gasteiger partial charge >= 0.3 is 6.18 Å². The van der Waals surface area contributed by atoms with Crippen molar-refractivity contribution in [3.63, 3.8) is 0 Å². The van der Waals surface area contributed by atoms with Crippen molar-refractivity contribution >= 4 is 16.5 Å². The molecule has 0 saturated carbocycles. The standard InChI is InChI=1S/C12H12F3N3OS/c1-2-16-11-17-6-8(20-11)7-18-9(12(13,14)15)4-3-5-10(18)19/h3-6H,2,7H2,1H3,(H,16,17). The van der Waals surface area contributed by atoms with Gasteiger partial charge in [-0.1, -0.05) is 6.07 Å². The van der Waals surface area contributed by atoms with E-state index in [1.807, 2.05) is 6.92 Å². The molecule has 108 valence electrons. The van der Waals surface area contributed by atoms with E-state index >= 15 is 0 Å². The molecule has 1 N–H and O–H groups in total.